The molecule has 4 rings (SSSR count). The highest BCUT2D eigenvalue weighted by Gasteiger charge is 2.17. The fraction of sp³-hybridized carbons (Fsp3) is 0.0909. The normalized spacial score (nSPS) is 11.1. The van der Waals surface area contributed by atoms with Crippen LogP contribution < -0.4 is 5.32 Å². The first kappa shape index (κ1) is 18.8. The number of hydrogen-bond acceptors (Lipinski definition) is 6. The van der Waals surface area contributed by atoms with Gasteiger partial charge in [0, 0.05) is 11.6 Å². The number of hydrogen-bond donors (Lipinski definition) is 1. The lowest BCUT2D eigenvalue weighted by atomic mass is 10.1. The number of carbonyl (C=O) groups excluding carboxylic acids is 1. The second-order valence-electron chi connectivity index (χ2n) is 6.46. The van der Waals surface area contributed by atoms with Crippen molar-refractivity contribution in [3.8, 4) is 22.2 Å². The minimum absolute atomic E-state index is 0.250. The summed E-state index contributed by atoms with van der Waals surface area (Å²) in [5.74, 6) is 0.653. The number of thiazole rings is 1. The molecule has 0 spiro atoms. The summed E-state index contributed by atoms with van der Waals surface area (Å²) in [6, 6.07) is 17.5. The van der Waals surface area contributed by atoms with Gasteiger partial charge in [-0.3, -0.25) is 10.1 Å². The van der Waals surface area contributed by atoms with Gasteiger partial charge in [0.1, 0.15) is 4.88 Å². The van der Waals surface area contributed by atoms with Gasteiger partial charge in [-0.2, -0.15) is 4.98 Å². The Balaban J connectivity index is 1.49. The third-order valence-electron chi connectivity index (χ3n) is 4.18. The van der Waals surface area contributed by atoms with E-state index in [1.807, 2.05) is 68.4 Å². The van der Waals surface area contributed by atoms with E-state index in [9.17, 15) is 4.79 Å². The summed E-state index contributed by atoms with van der Waals surface area (Å²) in [6.45, 7) is 3.87. The number of anilines is 1. The van der Waals surface area contributed by atoms with E-state index in [0.29, 0.717) is 16.8 Å². The quantitative estimate of drug-likeness (QED) is 0.468. The Morgan fingerprint density at radius 2 is 1.79 bits per heavy atom. The molecule has 2 aromatic heterocycles. The molecular weight excluding hydrogens is 384 g/mol. The van der Waals surface area contributed by atoms with Gasteiger partial charge < -0.3 is 4.52 Å². The van der Waals surface area contributed by atoms with Gasteiger partial charge in [-0.15, -0.1) is 0 Å². The molecule has 29 heavy (non-hydrogen) atoms. The predicted molar refractivity (Wildman–Crippen MR) is 114 cm³/mol. The van der Waals surface area contributed by atoms with Crippen LogP contribution in [0.4, 0.5) is 5.13 Å². The first-order valence-electron chi connectivity index (χ1n) is 9.01. The van der Waals surface area contributed by atoms with Crippen molar-refractivity contribution in [2.24, 2.45) is 0 Å². The molecule has 0 radical (unpaired) electrons. The summed E-state index contributed by atoms with van der Waals surface area (Å²) in [5, 5.41) is 7.32. The standard InChI is InChI=1S/C22H18N4O2S/c1-14-8-11-17(12-9-14)20-25-21(28-26-20)19-15(2)23-22(29-19)24-18(27)13-10-16-6-4-3-5-7-16/h3-13H,1-2H3,(H,23,24,27)/b13-10+. The van der Waals surface area contributed by atoms with Crippen molar-refractivity contribution < 1.29 is 9.32 Å². The largest absolute Gasteiger partial charge is 0.333 e. The van der Waals surface area contributed by atoms with Gasteiger partial charge in [0.15, 0.2) is 5.13 Å². The number of aryl methyl sites for hydroxylation is 2. The molecule has 1 amide bonds. The molecule has 1 N–H and O–H groups in total. The number of aromatic nitrogens is 3. The minimum Gasteiger partial charge on any atom is -0.333 e. The molecule has 2 heterocycles. The highest BCUT2D eigenvalue weighted by atomic mass is 32.1. The van der Waals surface area contributed by atoms with Gasteiger partial charge in [-0.1, -0.05) is 76.7 Å². The summed E-state index contributed by atoms with van der Waals surface area (Å²) in [7, 11) is 0. The molecule has 2 aromatic carbocycles. The molecule has 7 heteroatoms. The number of nitrogens with one attached hydrogen (secondary N) is 1. The van der Waals surface area contributed by atoms with E-state index >= 15 is 0 Å². The Bertz CT molecular complexity index is 1160. The van der Waals surface area contributed by atoms with Gasteiger partial charge in [0.05, 0.1) is 5.69 Å². The maximum atomic E-state index is 12.2. The zero-order chi connectivity index (χ0) is 20.2. The van der Waals surface area contributed by atoms with Crippen LogP contribution in [0.3, 0.4) is 0 Å². The summed E-state index contributed by atoms with van der Waals surface area (Å²) < 4.78 is 5.42. The van der Waals surface area contributed by atoms with E-state index in [4.69, 9.17) is 4.52 Å². The second kappa shape index (κ2) is 8.20. The first-order chi connectivity index (χ1) is 14.1. The van der Waals surface area contributed by atoms with E-state index in [0.717, 1.165) is 27.3 Å². The average Bonchev–Trinajstić information content (AvgIpc) is 3.34. The Labute approximate surface area is 171 Å². The maximum Gasteiger partial charge on any atom is 0.270 e. The second-order valence-corrected chi connectivity index (χ2v) is 7.46. The van der Waals surface area contributed by atoms with Crippen molar-refractivity contribution >= 4 is 28.5 Å². The Morgan fingerprint density at radius 3 is 2.55 bits per heavy atom. The van der Waals surface area contributed by atoms with Crippen LogP contribution in [-0.2, 0) is 4.79 Å². The van der Waals surface area contributed by atoms with Crippen molar-refractivity contribution in [1.29, 1.82) is 0 Å². The molecule has 0 bridgehead atoms. The van der Waals surface area contributed by atoms with Crippen LogP contribution in [0.1, 0.15) is 16.8 Å². The van der Waals surface area contributed by atoms with Gasteiger partial charge >= 0.3 is 0 Å². The lowest BCUT2D eigenvalue weighted by molar-refractivity contribution is -0.111. The van der Waals surface area contributed by atoms with Crippen molar-refractivity contribution in [3.63, 3.8) is 0 Å². The lowest BCUT2D eigenvalue weighted by Crippen LogP contribution is -2.07. The van der Waals surface area contributed by atoms with Gasteiger partial charge in [-0.05, 0) is 25.5 Å². The molecule has 0 atom stereocenters. The zero-order valence-electron chi connectivity index (χ0n) is 15.9. The predicted octanol–water partition coefficient (Wildman–Crippen LogP) is 5.13. The van der Waals surface area contributed by atoms with Crippen molar-refractivity contribution in [1.82, 2.24) is 15.1 Å². The van der Waals surface area contributed by atoms with E-state index in [1.54, 1.807) is 6.08 Å². The molecule has 0 saturated heterocycles. The number of amides is 1. The molecule has 0 aliphatic heterocycles. The maximum absolute atomic E-state index is 12.2. The van der Waals surface area contributed by atoms with Crippen LogP contribution in [0.2, 0.25) is 0 Å². The lowest BCUT2D eigenvalue weighted by Gasteiger charge is -1.95. The fourth-order valence-electron chi connectivity index (χ4n) is 2.67. The van der Waals surface area contributed by atoms with Crippen molar-refractivity contribution in [3.05, 3.63) is 77.5 Å². The highest BCUT2D eigenvalue weighted by molar-refractivity contribution is 7.19. The third kappa shape index (κ3) is 4.47. The molecule has 0 unspecified atom stereocenters. The topological polar surface area (TPSA) is 80.9 Å². The van der Waals surface area contributed by atoms with Crippen LogP contribution in [-0.4, -0.2) is 21.0 Å². The minimum atomic E-state index is -0.250. The third-order valence-corrected chi connectivity index (χ3v) is 5.24. The van der Waals surface area contributed by atoms with E-state index in [-0.39, 0.29) is 5.91 Å². The van der Waals surface area contributed by atoms with Crippen LogP contribution in [0.15, 0.2) is 65.2 Å². The number of nitrogens with zero attached hydrogens (tertiary/aromatic N) is 3. The molecule has 144 valence electrons. The molecule has 6 nitrogen and oxygen atoms in total. The van der Waals surface area contributed by atoms with E-state index in [1.165, 1.54) is 17.4 Å². The monoisotopic (exact) mass is 402 g/mol. The van der Waals surface area contributed by atoms with Crippen molar-refractivity contribution in [2.45, 2.75) is 13.8 Å². The van der Waals surface area contributed by atoms with E-state index < -0.39 is 0 Å². The summed E-state index contributed by atoms with van der Waals surface area (Å²) in [4.78, 5) is 21.8. The summed E-state index contributed by atoms with van der Waals surface area (Å²) >= 11 is 1.30. The SMILES string of the molecule is Cc1ccc(-c2noc(-c3sc(NC(=O)/C=C/c4ccccc4)nc3C)n2)cc1. The van der Waals surface area contributed by atoms with Gasteiger partial charge in [0.2, 0.25) is 11.7 Å². The van der Waals surface area contributed by atoms with Crippen LogP contribution in [0, 0.1) is 13.8 Å². The fourth-order valence-corrected chi connectivity index (χ4v) is 3.56. The van der Waals surface area contributed by atoms with Gasteiger partial charge in [0.25, 0.3) is 5.89 Å². The molecular formula is C22H18N4O2S. The molecule has 0 aliphatic rings. The molecule has 0 saturated carbocycles. The highest BCUT2D eigenvalue weighted by Crippen LogP contribution is 2.32. The Morgan fingerprint density at radius 1 is 1.03 bits per heavy atom. The first-order valence-corrected chi connectivity index (χ1v) is 9.83. The Hall–Kier alpha value is -3.58. The smallest absolute Gasteiger partial charge is 0.270 e. The Kier molecular flexibility index (Phi) is 5.31. The van der Waals surface area contributed by atoms with Crippen LogP contribution in [0.5, 0.6) is 0 Å². The van der Waals surface area contributed by atoms with Crippen LogP contribution >= 0.6 is 11.3 Å². The van der Waals surface area contributed by atoms with Gasteiger partial charge in [-0.25, -0.2) is 4.98 Å². The number of rotatable bonds is 5. The van der Waals surface area contributed by atoms with E-state index in [2.05, 4.69) is 20.4 Å². The molecule has 4 aromatic rings. The zero-order valence-corrected chi connectivity index (χ0v) is 16.7. The number of benzene rings is 2. The average molecular weight is 402 g/mol. The molecule has 0 fully saturated rings. The molecule has 0 aliphatic carbocycles. The van der Waals surface area contributed by atoms with Crippen LogP contribution in [0.25, 0.3) is 28.2 Å². The number of carbonyl (C=O) groups is 1. The summed E-state index contributed by atoms with van der Waals surface area (Å²) in [6.07, 6.45) is 3.23. The van der Waals surface area contributed by atoms with Crippen molar-refractivity contribution in [2.75, 3.05) is 5.32 Å². The summed E-state index contributed by atoms with van der Waals surface area (Å²) in [5.41, 5.74) is 3.72.